The summed E-state index contributed by atoms with van der Waals surface area (Å²) in [6.45, 7) is 28.2. The zero-order valence-electron chi connectivity index (χ0n) is 29.8. The number of fused-ring (bicyclic) bond motifs is 8. The molecule has 232 valence electrons. The molecule has 0 aliphatic heterocycles. The Bertz CT molecular complexity index is 1410. The Labute approximate surface area is 269 Å². The zero-order valence-corrected chi connectivity index (χ0v) is 29.8. The number of benzene rings is 4. The molecule has 0 saturated heterocycles. The highest BCUT2D eigenvalue weighted by atomic mass is 14.3. The Hall–Kier alpha value is -3.12. The summed E-state index contributed by atoms with van der Waals surface area (Å²) in [4.78, 5) is 0. The van der Waals surface area contributed by atoms with E-state index >= 15 is 0 Å². The lowest BCUT2D eigenvalue weighted by molar-refractivity contribution is 0.581. The van der Waals surface area contributed by atoms with Crippen molar-refractivity contribution < 1.29 is 0 Å². The van der Waals surface area contributed by atoms with Crippen LogP contribution in [0.1, 0.15) is 150 Å². The summed E-state index contributed by atoms with van der Waals surface area (Å²) in [7, 11) is 0. The normalized spacial score (nSPS) is 14.5. The third kappa shape index (κ3) is 7.06. The fourth-order valence-electron chi connectivity index (χ4n) is 7.42. The van der Waals surface area contributed by atoms with Crippen LogP contribution in [0.15, 0.2) is 72.8 Å². The van der Waals surface area contributed by atoms with Gasteiger partial charge in [0.1, 0.15) is 0 Å². The van der Waals surface area contributed by atoms with E-state index in [0.717, 1.165) is 25.7 Å². The lowest BCUT2D eigenvalue weighted by Crippen LogP contribution is -2.18. The molecule has 0 radical (unpaired) electrons. The van der Waals surface area contributed by atoms with Gasteiger partial charge in [0.25, 0.3) is 0 Å². The molecule has 0 nitrogen and oxygen atoms in total. The maximum absolute atomic E-state index is 2.52. The van der Waals surface area contributed by atoms with E-state index in [1.807, 2.05) is 0 Å². The van der Waals surface area contributed by atoms with Gasteiger partial charge in [-0.25, -0.2) is 0 Å². The molecule has 0 saturated carbocycles. The van der Waals surface area contributed by atoms with E-state index in [-0.39, 0.29) is 21.7 Å². The molecule has 0 N–H and O–H groups in total. The Morgan fingerprint density at radius 1 is 0.295 bits per heavy atom. The third-order valence-corrected chi connectivity index (χ3v) is 9.49. The van der Waals surface area contributed by atoms with Gasteiger partial charge in [0.15, 0.2) is 0 Å². The Morgan fingerprint density at radius 2 is 0.477 bits per heavy atom. The average Bonchev–Trinajstić information content (AvgIpc) is 2.86. The van der Waals surface area contributed by atoms with Crippen molar-refractivity contribution in [1.82, 2.24) is 0 Å². The topological polar surface area (TPSA) is 0 Å². The second-order valence-electron chi connectivity index (χ2n) is 17.7. The summed E-state index contributed by atoms with van der Waals surface area (Å²) >= 11 is 0. The highest BCUT2D eigenvalue weighted by Gasteiger charge is 2.24. The molecule has 4 aromatic carbocycles. The predicted octanol–water partition coefficient (Wildman–Crippen LogP) is 11.6. The smallest absolute Gasteiger partial charge is 0.00226 e. The minimum Gasteiger partial charge on any atom is -0.0584 e. The second-order valence-corrected chi connectivity index (χ2v) is 17.7. The van der Waals surface area contributed by atoms with Crippen molar-refractivity contribution in [2.75, 3.05) is 0 Å². The lowest BCUT2D eigenvalue weighted by atomic mass is 9.77. The van der Waals surface area contributed by atoms with Gasteiger partial charge in [0.2, 0.25) is 0 Å². The van der Waals surface area contributed by atoms with Gasteiger partial charge in [-0.15, -0.1) is 0 Å². The third-order valence-electron chi connectivity index (χ3n) is 9.49. The second kappa shape index (κ2) is 11.3. The monoisotopic (exact) mass is 584 g/mol. The standard InChI is InChI=1S/C44H56/c1-41(2,3)37-17-13-29-21-33(37)25-30-14-18-38(42(4,5)6)34(22-30)27-32-16-20-40(44(10,11)12)36(24-32)28-31-15-19-39(43(7,8)9)35(23-31)26-29/h13-24H,25-28H2,1-12H3. The van der Waals surface area contributed by atoms with E-state index in [2.05, 4.69) is 156 Å². The SMILES string of the molecule is CC(C)(C)c1ccc2cc1Cc1ccc(C(C)(C)C)c(c1)Cc1ccc(C(C)(C)C)c(c1)Cc1ccc(C(C)(C)C)c(c1)C2. The van der Waals surface area contributed by atoms with E-state index in [4.69, 9.17) is 0 Å². The van der Waals surface area contributed by atoms with Gasteiger partial charge in [-0.2, -0.15) is 0 Å². The van der Waals surface area contributed by atoms with E-state index in [9.17, 15) is 0 Å². The molecule has 44 heavy (non-hydrogen) atoms. The van der Waals surface area contributed by atoms with Crippen molar-refractivity contribution in [3.63, 3.8) is 0 Å². The summed E-state index contributed by atoms with van der Waals surface area (Å²) in [6.07, 6.45) is 3.83. The zero-order chi connectivity index (χ0) is 32.2. The Balaban J connectivity index is 1.77. The van der Waals surface area contributed by atoms with Crippen molar-refractivity contribution in [3.8, 4) is 0 Å². The summed E-state index contributed by atoms with van der Waals surface area (Å²) in [5, 5.41) is 0. The van der Waals surface area contributed by atoms with Gasteiger partial charge in [0, 0.05) is 0 Å². The number of rotatable bonds is 0. The van der Waals surface area contributed by atoms with Gasteiger partial charge in [-0.1, -0.05) is 156 Å². The van der Waals surface area contributed by atoms with Crippen LogP contribution in [0.25, 0.3) is 0 Å². The molecule has 0 amide bonds. The van der Waals surface area contributed by atoms with E-state index < -0.39 is 0 Å². The van der Waals surface area contributed by atoms with Crippen LogP contribution in [0, 0.1) is 0 Å². The predicted molar refractivity (Wildman–Crippen MR) is 192 cm³/mol. The summed E-state index contributed by atoms with van der Waals surface area (Å²) < 4.78 is 0. The molecule has 1 aliphatic carbocycles. The molecule has 0 spiro atoms. The van der Waals surface area contributed by atoms with Gasteiger partial charge >= 0.3 is 0 Å². The first-order valence-electron chi connectivity index (χ1n) is 16.8. The molecular formula is C44H56. The highest BCUT2D eigenvalue weighted by molar-refractivity contribution is 5.49. The van der Waals surface area contributed by atoms with Crippen LogP contribution in [-0.2, 0) is 47.3 Å². The number of hydrogen-bond donors (Lipinski definition) is 0. The van der Waals surface area contributed by atoms with Crippen LogP contribution in [-0.4, -0.2) is 0 Å². The first kappa shape index (κ1) is 32.3. The van der Waals surface area contributed by atoms with Crippen LogP contribution < -0.4 is 0 Å². The quantitative estimate of drug-likeness (QED) is 0.170. The highest BCUT2D eigenvalue weighted by Crippen LogP contribution is 2.36. The average molecular weight is 585 g/mol. The van der Waals surface area contributed by atoms with E-state index in [1.165, 1.54) is 66.8 Å². The molecule has 0 heterocycles. The van der Waals surface area contributed by atoms with Gasteiger partial charge in [-0.3, -0.25) is 0 Å². The van der Waals surface area contributed by atoms with Crippen LogP contribution in [0.4, 0.5) is 0 Å². The fourth-order valence-corrected chi connectivity index (χ4v) is 7.42. The summed E-state index contributed by atoms with van der Waals surface area (Å²) in [5.41, 5.74) is 17.6. The summed E-state index contributed by atoms with van der Waals surface area (Å²) in [6, 6.07) is 29.3. The molecule has 8 bridgehead atoms. The van der Waals surface area contributed by atoms with Crippen LogP contribution in [0.2, 0.25) is 0 Å². The minimum atomic E-state index is 0.0879. The molecule has 0 heteroatoms. The fraction of sp³-hybridized carbons (Fsp3) is 0.455. The molecular weight excluding hydrogens is 528 g/mol. The van der Waals surface area contributed by atoms with E-state index in [0.29, 0.717) is 0 Å². The molecule has 4 aromatic rings. The molecule has 0 atom stereocenters. The molecule has 0 unspecified atom stereocenters. The van der Waals surface area contributed by atoms with Crippen LogP contribution >= 0.6 is 0 Å². The van der Waals surface area contributed by atoms with Crippen LogP contribution in [0.5, 0.6) is 0 Å². The first-order valence-corrected chi connectivity index (χ1v) is 16.8. The van der Waals surface area contributed by atoms with Gasteiger partial charge in [-0.05, 0) is 114 Å². The minimum absolute atomic E-state index is 0.0879. The van der Waals surface area contributed by atoms with Crippen molar-refractivity contribution in [2.45, 2.75) is 130 Å². The van der Waals surface area contributed by atoms with Crippen molar-refractivity contribution >= 4 is 0 Å². The van der Waals surface area contributed by atoms with Gasteiger partial charge in [0.05, 0.1) is 0 Å². The molecule has 0 aromatic heterocycles. The Morgan fingerprint density at radius 3 is 0.636 bits per heavy atom. The summed E-state index contributed by atoms with van der Waals surface area (Å²) in [5.74, 6) is 0. The van der Waals surface area contributed by atoms with E-state index in [1.54, 1.807) is 0 Å². The first-order chi connectivity index (χ1) is 20.3. The number of hydrogen-bond acceptors (Lipinski definition) is 0. The maximum atomic E-state index is 2.52. The van der Waals surface area contributed by atoms with Gasteiger partial charge < -0.3 is 0 Å². The molecule has 0 fully saturated rings. The maximum Gasteiger partial charge on any atom is -0.00226 e. The molecule has 5 rings (SSSR count). The van der Waals surface area contributed by atoms with Crippen molar-refractivity contribution in [2.24, 2.45) is 0 Å². The lowest BCUT2D eigenvalue weighted by Gasteiger charge is -2.28. The Kier molecular flexibility index (Phi) is 8.33. The van der Waals surface area contributed by atoms with Crippen LogP contribution in [0.3, 0.4) is 0 Å². The van der Waals surface area contributed by atoms with Crippen molar-refractivity contribution in [3.05, 3.63) is 140 Å². The van der Waals surface area contributed by atoms with Crippen molar-refractivity contribution in [1.29, 1.82) is 0 Å². The largest absolute Gasteiger partial charge is 0.0584 e. The molecule has 1 aliphatic rings.